The second-order valence-corrected chi connectivity index (χ2v) is 9.97. The molecular weight excluding hydrogens is 437 g/mol. The molecule has 3 aliphatic heterocycles. The summed E-state index contributed by atoms with van der Waals surface area (Å²) in [6.07, 6.45) is 4.11. The van der Waals surface area contributed by atoms with Crippen LogP contribution in [-0.4, -0.2) is 44.9 Å². The third kappa shape index (κ3) is 5.45. The predicted octanol–water partition coefficient (Wildman–Crippen LogP) is 3.74. The van der Waals surface area contributed by atoms with Crippen LogP contribution in [0.4, 0.5) is 4.39 Å². The number of thioether (sulfide) groups is 1. The Morgan fingerprint density at radius 3 is 2.73 bits per heavy atom. The van der Waals surface area contributed by atoms with E-state index in [2.05, 4.69) is 32.7 Å². The lowest BCUT2D eigenvalue weighted by Gasteiger charge is -2.49. The number of benzene rings is 2. The van der Waals surface area contributed by atoms with Crippen molar-refractivity contribution < 1.29 is 9.18 Å². The number of aromatic nitrogens is 3. The Morgan fingerprint density at radius 1 is 1.15 bits per heavy atom. The lowest BCUT2D eigenvalue weighted by molar-refractivity contribution is -0.133. The van der Waals surface area contributed by atoms with Gasteiger partial charge < -0.3 is 5.32 Å². The van der Waals surface area contributed by atoms with Crippen LogP contribution in [-0.2, 0) is 23.6 Å². The maximum Gasteiger partial charge on any atom is 0.224 e. The molecule has 1 aromatic heterocycles. The lowest BCUT2D eigenvalue weighted by atomic mass is 9.75. The van der Waals surface area contributed by atoms with E-state index < -0.39 is 0 Å². The van der Waals surface area contributed by atoms with Gasteiger partial charge in [-0.1, -0.05) is 35.5 Å². The van der Waals surface area contributed by atoms with Crippen LogP contribution >= 0.6 is 11.8 Å². The average molecular weight is 466 g/mol. The normalized spacial score (nSPS) is 24.0. The van der Waals surface area contributed by atoms with Crippen molar-refractivity contribution in [3.63, 3.8) is 0 Å². The number of halogens is 1. The van der Waals surface area contributed by atoms with Crippen molar-refractivity contribution in [1.29, 1.82) is 0 Å². The fraction of sp³-hybridized carbons (Fsp3) is 0.400. The highest BCUT2D eigenvalue weighted by molar-refractivity contribution is 7.98. The fourth-order valence-corrected chi connectivity index (χ4v) is 5.73. The summed E-state index contributed by atoms with van der Waals surface area (Å²) in [4.78, 5) is 16.5. The summed E-state index contributed by atoms with van der Waals surface area (Å²) in [7, 11) is 0. The van der Waals surface area contributed by atoms with Crippen LogP contribution in [0.1, 0.15) is 24.1 Å². The number of rotatable bonds is 8. The van der Waals surface area contributed by atoms with E-state index in [1.54, 1.807) is 23.9 Å². The van der Waals surface area contributed by atoms with Gasteiger partial charge in [0.15, 0.2) is 0 Å². The molecule has 3 aliphatic rings. The molecule has 4 heterocycles. The number of hydrogen-bond donors (Lipinski definition) is 1. The van der Waals surface area contributed by atoms with E-state index in [9.17, 15) is 9.18 Å². The van der Waals surface area contributed by atoms with Crippen molar-refractivity contribution in [2.45, 2.75) is 42.6 Å². The van der Waals surface area contributed by atoms with Crippen LogP contribution in [0.2, 0.25) is 0 Å². The summed E-state index contributed by atoms with van der Waals surface area (Å²) in [5, 5.41) is 11.7. The minimum absolute atomic E-state index is 0.0176. The number of hydrogen-bond acceptors (Lipinski definition) is 5. The molecule has 2 bridgehead atoms. The molecule has 6 rings (SSSR count). The standard InChI is InChI=1S/C25H28FN5OS/c26-20-8-6-18(7-9-20)13-27-25(32)24-16-30-11-10-19(24)12-22(30)15-31-14-21(28-29-31)17-33-23-4-2-1-3-5-23/h1-9,14,19,22,24H,10-13,15-17H2,(H,27,32)/t19?,22-,24+/m1/s1. The molecule has 0 aliphatic carbocycles. The van der Waals surface area contributed by atoms with Crippen LogP contribution in [0.15, 0.2) is 65.7 Å². The van der Waals surface area contributed by atoms with E-state index in [1.807, 2.05) is 29.1 Å². The summed E-state index contributed by atoms with van der Waals surface area (Å²) in [6, 6.07) is 17.0. The SMILES string of the molecule is O=C(NCc1ccc(F)cc1)[C@H]1CN2CCC1C[C@@H]2Cn1cc(CSc2ccccc2)nn1. The van der Waals surface area contributed by atoms with Crippen molar-refractivity contribution >= 4 is 17.7 Å². The number of nitrogens with one attached hydrogen (secondary N) is 1. The Bertz CT molecular complexity index is 1070. The van der Waals surface area contributed by atoms with E-state index in [0.29, 0.717) is 18.5 Å². The summed E-state index contributed by atoms with van der Waals surface area (Å²) in [5.74, 6) is 1.06. The number of fused-ring (bicyclic) bond motifs is 3. The molecule has 3 fully saturated rings. The van der Waals surface area contributed by atoms with E-state index in [4.69, 9.17) is 0 Å². The van der Waals surface area contributed by atoms with Crippen molar-refractivity contribution in [3.05, 3.63) is 77.9 Å². The highest BCUT2D eigenvalue weighted by Crippen LogP contribution is 2.37. The predicted molar refractivity (Wildman–Crippen MR) is 126 cm³/mol. The molecule has 6 nitrogen and oxygen atoms in total. The van der Waals surface area contributed by atoms with Gasteiger partial charge >= 0.3 is 0 Å². The fourth-order valence-electron chi connectivity index (χ4n) is 4.93. The highest BCUT2D eigenvalue weighted by atomic mass is 32.2. The van der Waals surface area contributed by atoms with Gasteiger partial charge in [0, 0.05) is 36.0 Å². The molecule has 0 saturated carbocycles. The summed E-state index contributed by atoms with van der Waals surface area (Å²) >= 11 is 1.76. The molecule has 33 heavy (non-hydrogen) atoms. The first-order chi connectivity index (χ1) is 16.1. The summed E-state index contributed by atoms with van der Waals surface area (Å²) in [5.41, 5.74) is 1.90. The van der Waals surface area contributed by atoms with Crippen molar-refractivity contribution in [1.82, 2.24) is 25.2 Å². The molecule has 0 spiro atoms. The van der Waals surface area contributed by atoms with E-state index in [-0.39, 0.29) is 17.6 Å². The summed E-state index contributed by atoms with van der Waals surface area (Å²) in [6.45, 7) is 3.07. The van der Waals surface area contributed by atoms with Gasteiger partial charge in [-0.15, -0.1) is 16.9 Å². The quantitative estimate of drug-likeness (QED) is 0.514. The molecule has 2 aromatic carbocycles. The molecule has 172 valence electrons. The second-order valence-electron chi connectivity index (χ2n) is 8.92. The number of piperidine rings is 3. The van der Waals surface area contributed by atoms with Crippen LogP contribution in [0.25, 0.3) is 0 Å². The topological polar surface area (TPSA) is 63.1 Å². The second kappa shape index (κ2) is 10.1. The van der Waals surface area contributed by atoms with Crippen LogP contribution in [0, 0.1) is 17.7 Å². The number of carbonyl (C=O) groups excluding carboxylic acids is 1. The highest BCUT2D eigenvalue weighted by Gasteiger charge is 2.43. The monoisotopic (exact) mass is 465 g/mol. The molecule has 2 unspecified atom stereocenters. The van der Waals surface area contributed by atoms with E-state index in [0.717, 1.165) is 49.5 Å². The van der Waals surface area contributed by atoms with Crippen molar-refractivity contribution in [2.75, 3.05) is 13.1 Å². The Morgan fingerprint density at radius 2 is 1.97 bits per heavy atom. The number of amides is 1. The number of nitrogens with zero attached hydrogens (tertiary/aromatic N) is 4. The molecule has 3 aromatic rings. The molecule has 4 atom stereocenters. The molecule has 1 amide bonds. The van der Waals surface area contributed by atoms with E-state index >= 15 is 0 Å². The van der Waals surface area contributed by atoms with Gasteiger partial charge in [0.25, 0.3) is 0 Å². The molecule has 0 radical (unpaired) electrons. The maximum absolute atomic E-state index is 13.1. The van der Waals surface area contributed by atoms with Crippen LogP contribution in [0.5, 0.6) is 0 Å². The molecule has 1 N–H and O–H groups in total. The molecule has 3 saturated heterocycles. The van der Waals surface area contributed by atoms with Gasteiger partial charge in [0.1, 0.15) is 5.82 Å². The van der Waals surface area contributed by atoms with Gasteiger partial charge in [0.2, 0.25) is 5.91 Å². The maximum atomic E-state index is 13.1. The minimum atomic E-state index is -0.261. The van der Waals surface area contributed by atoms with Crippen molar-refractivity contribution in [3.8, 4) is 0 Å². The van der Waals surface area contributed by atoms with Gasteiger partial charge in [0.05, 0.1) is 18.2 Å². The first-order valence-electron chi connectivity index (χ1n) is 11.5. The Balaban J connectivity index is 1.12. The number of carbonyl (C=O) groups is 1. The van der Waals surface area contributed by atoms with Gasteiger partial charge in [-0.2, -0.15) is 0 Å². The average Bonchev–Trinajstić information content (AvgIpc) is 3.30. The Kier molecular flexibility index (Phi) is 6.73. The zero-order valence-electron chi connectivity index (χ0n) is 18.4. The first-order valence-corrected chi connectivity index (χ1v) is 12.5. The molecular formula is C25H28FN5OS. The third-order valence-corrected chi connectivity index (χ3v) is 7.75. The Hall–Kier alpha value is -2.71. The third-order valence-electron chi connectivity index (χ3n) is 6.71. The smallest absolute Gasteiger partial charge is 0.224 e. The Labute approximate surface area is 197 Å². The van der Waals surface area contributed by atoms with Crippen LogP contribution < -0.4 is 5.32 Å². The van der Waals surface area contributed by atoms with Gasteiger partial charge in [-0.25, -0.2) is 4.39 Å². The zero-order chi connectivity index (χ0) is 22.6. The van der Waals surface area contributed by atoms with E-state index in [1.165, 1.54) is 17.0 Å². The summed E-state index contributed by atoms with van der Waals surface area (Å²) < 4.78 is 15.0. The van der Waals surface area contributed by atoms with Crippen molar-refractivity contribution in [2.24, 2.45) is 11.8 Å². The lowest BCUT2D eigenvalue weighted by Crippen LogP contribution is -2.58. The van der Waals surface area contributed by atoms with Gasteiger partial charge in [-0.05, 0) is 55.1 Å². The molecule has 8 heteroatoms. The first kappa shape index (κ1) is 22.1. The zero-order valence-corrected chi connectivity index (χ0v) is 19.3. The van der Waals surface area contributed by atoms with Crippen LogP contribution in [0.3, 0.4) is 0 Å². The van der Waals surface area contributed by atoms with Gasteiger partial charge in [-0.3, -0.25) is 14.4 Å². The minimum Gasteiger partial charge on any atom is -0.352 e. The largest absolute Gasteiger partial charge is 0.352 e.